The minimum Gasteiger partial charge on any atom is -0.496 e. The van der Waals surface area contributed by atoms with Crippen LogP contribution in [0.1, 0.15) is 0 Å². The number of ether oxygens (including phenoxy) is 2. The highest BCUT2D eigenvalue weighted by molar-refractivity contribution is 5.87. The average molecular weight is 261 g/mol. The van der Waals surface area contributed by atoms with E-state index in [0.29, 0.717) is 29.9 Å². The first-order valence-corrected chi connectivity index (χ1v) is 6.18. The molecule has 0 saturated carbocycles. The van der Waals surface area contributed by atoms with Gasteiger partial charge in [0, 0.05) is 24.8 Å². The number of hydrogen-bond acceptors (Lipinski definition) is 5. The molecule has 19 heavy (non-hydrogen) atoms. The molecule has 0 bridgehead atoms. The largest absolute Gasteiger partial charge is 0.496 e. The van der Waals surface area contributed by atoms with Crippen LogP contribution in [0.2, 0.25) is 0 Å². The zero-order valence-electron chi connectivity index (χ0n) is 10.7. The van der Waals surface area contributed by atoms with E-state index < -0.39 is 0 Å². The third-order valence-electron chi connectivity index (χ3n) is 3.29. The molecule has 1 aromatic heterocycles. The SMILES string of the molecule is COc1cc(N2CCOCC2)cc2nc[nH]c(=O)c12. The molecule has 1 saturated heterocycles. The van der Waals surface area contributed by atoms with Gasteiger partial charge in [0.25, 0.3) is 5.56 Å². The molecule has 6 heteroatoms. The monoisotopic (exact) mass is 261 g/mol. The summed E-state index contributed by atoms with van der Waals surface area (Å²) in [6.45, 7) is 3.09. The van der Waals surface area contributed by atoms with E-state index >= 15 is 0 Å². The topological polar surface area (TPSA) is 67.5 Å². The number of nitrogens with zero attached hydrogens (tertiary/aromatic N) is 2. The first-order chi connectivity index (χ1) is 9.29. The summed E-state index contributed by atoms with van der Waals surface area (Å²) in [5.74, 6) is 0.549. The van der Waals surface area contributed by atoms with Crippen molar-refractivity contribution in [2.45, 2.75) is 0 Å². The first kappa shape index (κ1) is 12.0. The fraction of sp³-hybridized carbons (Fsp3) is 0.385. The van der Waals surface area contributed by atoms with E-state index in [9.17, 15) is 4.79 Å². The van der Waals surface area contributed by atoms with E-state index in [1.54, 1.807) is 7.11 Å². The molecule has 0 radical (unpaired) electrons. The van der Waals surface area contributed by atoms with Crippen LogP contribution in [0.4, 0.5) is 5.69 Å². The van der Waals surface area contributed by atoms with Crippen molar-refractivity contribution >= 4 is 16.6 Å². The molecule has 1 aliphatic heterocycles. The molecule has 1 N–H and O–H groups in total. The Balaban J connectivity index is 2.14. The average Bonchev–Trinajstić information content (AvgIpc) is 2.47. The van der Waals surface area contributed by atoms with Crippen LogP contribution in [0.25, 0.3) is 10.9 Å². The smallest absolute Gasteiger partial charge is 0.262 e. The van der Waals surface area contributed by atoms with Crippen molar-refractivity contribution in [1.82, 2.24) is 9.97 Å². The lowest BCUT2D eigenvalue weighted by Crippen LogP contribution is -2.36. The lowest BCUT2D eigenvalue weighted by Gasteiger charge is -2.29. The fourth-order valence-electron chi connectivity index (χ4n) is 2.31. The summed E-state index contributed by atoms with van der Waals surface area (Å²) in [5.41, 5.74) is 1.46. The van der Waals surface area contributed by atoms with Crippen LogP contribution in [-0.4, -0.2) is 43.4 Å². The molecule has 0 spiro atoms. The van der Waals surface area contributed by atoms with Crippen molar-refractivity contribution in [3.8, 4) is 5.75 Å². The van der Waals surface area contributed by atoms with E-state index in [-0.39, 0.29) is 5.56 Å². The summed E-state index contributed by atoms with van der Waals surface area (Å²) in [7, 11) is 1.56. The molecular weight excluding hydrogens is 246 g/mol. The summed E-state index contributed by atoms with van der Waals surface area (Å²) in [5, 5.41) is 0.488. The lowest BCUT2D eigenvalue weighted by molar-refractivity contribution is 0.122. The third-order valence-corrected chi connectivity index (χ3v) is 3.29. The molecule has 1 aromatic carbocycles. The van der Waals surface area contributed by atoms with Crippen molar-refractivity contribution < 1.29 is 9.47 Å². The van der Waals surface area contributed by atoms with Gasteiger partial charge in [-0.1, -0.05) is 0 Å². The van der Waals surface area contributed by atoms with Gasteiger partial charge in [-0.15, -0.1) is 0 Å². The van der Waals surface area contributed by atoms with Crippen molar-refractivity contribution in [2.24, 2.45) is 0 Å². The Morgan fingerprint density at radius 3 is 2.89 bits per heavy atom. The molecule has 1 aliphatic rings. The van der Waals surface area contributed by atoms with Crippen molar-refractivity contribution in [3.63, 3.8) is 0 Å². The molecule has 2 aromatic rings. The first-order valence-electron chi connectivity index (χ1n) is 6.18. The van der Waals surface area contributed by atoms with Crippen molar-refractivity contribution in [3.05, 3.63) is 28.8 Å². The molecule has 0 aliphatic carbocycles. The van der Waals surface area contributed by atoms with Crippen LogP contribution in [-0.2, 0) is 4.74 Å². The van der Waals surface area contributed by atoms with E-state index in [0.717, 1.165) is 18.8 Å². The van der Waals surface area contributed by atoms with Crippen molar-refractivity contribution in [1.29, 1.82) is 0 Å². The number of anilines is 1. The van der Waals surface area contributed by atoms with E-state index in [1.807, 2.05) is 12.1 Å². The number of nitrogens with one attached hydrogen (secondary N) is 1. The van der Waals surface area contributed by atoms with E-state index in [4.69, 9.17) is 9.47 Å². The molecule has 3 rings (SSSR count). The molecule has 6 nitrogen and oxygen atoms in total. The van der Waals surface area contributed by atoms with Crippen LogP contribution in [0.5, 0.6) is 5.75 Å². The predicted octanol–water partition coefficient (Wildman–Crippen LogP) is 0.768. The molecule has 2 heterocycles. The highest BCUT2D eigenvalue weighted by atomic mass is 16.5. The number of rotatable bonds is 2. The second-order valence-electron chi connectivity index (χ2n) is 4.37. The maximum atomic E-state index is 11.8. The summed E-state index contributed by atoms with van der Waals surface area (Å²) in [6, 6.07) is 3.79. The summed E-state index contributed by atoms with van der Waals surface area (Å²) < 4.78 is 10.7. The Hall–Kier alpha value is -2.08. The number of aromatic amines is 1. The quantitative estimate of drug-likeness (QED) is 0.864. The lowest BCUT2D eigenvalue weighted by atomic mass is 10.2. The fourth-order valence-corrected chi connectivity index (χ4v) is 2.31. The van der Waals surface area contributed by atoms with Gasteiger partial charge in [0.15, 0.2) is 0 Å². The highest BCUT2D eigenvalue weighted by Crippen LogP contribution is 2.28. The van der Waals surface area contributed by atoms with Gasteiger partial charge in [-0.2, -0.15) is 0 Å². The van der Waals surface area contributed by atoms with Crippen LogP contribution in [0, 0.1) is 0 Å². The van der Waals surface area contributed by atoms with E-state index in [2.05, 4.69) is 14.9 Å². The minimum absolute atomic E-state index is 0.185. The standard InChI is InChI=1S/C13H15N3O3/c1-18-11-7-9(16-2-4-19-5-3-16)6-10-12(11)13(17)15-8-14-10/h6-8H,2-5H2,1H3,(H,14,15,17). The number of fused-ring (bicyclic) bond motifs is 1. The number of H-pyrrole nitrogens is 1. The molecule has 1 fully saturated rings. The maximum absolute atomic E-state index is 11.8. The molecular formula is C13H15N3O3. The molecule has 100 valence electrons. The van der Waals surface area contributed by atoms with Gasteiger partial charge in [0.1, 0.15) is 11.1 Å². The van der Waals surface area contributed by atoms with E-state index in [1.165, 1.54) is 6.33 Å². The zero-order valence-corrected chi connectivity index (χ0v) is 10.7. The van der Waals surface area contributed by atoms with Crippen LogP contribution < -0.4 is 15.2 Å². The number of hydrogen-bond donors (Lipinski definition) is 1. The van der Waals surface area contributed by atoms with Gasteiger partial charge in [0.2, 0.25) is 0 Å². The Bertz CT molecular complexity index is 647. The summed E-state index contributed by atoms with van der Waals surface area (Å²) in [4.78, 5) is 20.8. The summed E-state index contributed by atoms with van der Waals surface area (Å²) in [6.07, 6.45) is 1.41. The second-order valence-corrected chi connectivity index (χ2v) is 4.37. The maximum Gasteiger partial charge on any atom is 0.262 e. The van der Waals surface area contributed by atoms with Gasteiger partial charge < -0.3 is 19.4 Å². The minimum atomic E-state index is -0.185. The predicted molar refractivity (Wildman–Crippen MR) is 71.9 cm³/mol. The third kappa shape index (κ3) is 2.15. The highest BCUT2D eigenvalue weighted by Gasteiger charge is 2.15. The molecule has 0 atom stereocenters. The number of aromatic nitrogens is 2. The van der Waals surface area contributed by atoms with Gasteiger partial charge in [0.05, 0.1) is 32.2 Å². The van der Waals surface area contributed by atoms with Gasteiger partial charge in [-0.05, 0) is 6.07 Å². The Morgan fingerprint density at radius 1 is 1.37 bits per heavy atom. The van der Waals surface area contributed by atoms with Crippen LogP contribution in [0.15, 0.2) is 23.3 Å². The summed E-state index contributed by atoms with van der Waals surface area (Å²) >= 11 is 0. The Morgan fingerprint density at radius 2 is 2.16 bits per heavy atom. The van der Waals surface area contributed by atoms with Gasteiger partial charge >= 0.3 is 0 Å². The van der Waals surface area contributed by atoms with Crippen LogP contribution >= 0.6 is 0 Å². The van der Waals surface area contributed by atoms with Crippen molar-refractivity contribution in [2.75, 3.05) is 38.3 Å². The molecule has 0 unspecified atom stereocenters. The van der Waals surface area contributed by atoms with Gasteiger partial charge in [-0.3, -0.25) is 4.79 Å². The Kier molecular flexibility index (Phi) is 3.08. The normalized spacial score (nSPS) is 15.7. The second kappa shape index (κ2) is 4.89. The number of methoxy groups -OCH3 is 1. The number of benzene rings is 1. The van der Waals surface area contributed by atoms with Gasteiger partial charge in [-0.25, -0.2) is 4.98 Å². The zero-order chi connectivity index (χ0) is 13.2. The molecule has 0 amide bonds. The van der Waals surface area contributed by atoms with Crippen LogP contribution in [0.3, 0.4) is 0 Å². The Labute approximate surface area is 110 Å². The number of morpholine rings is 1.